The van der Waals surface area contributed by atoms with Crippen molar-refractivity contribution in [2.45, 2.75) is 34.1 Å². The lowest BCUT2D eigenvalue weighted by Gasteiger charge is -2.17. The van der Waals surface area contributed by atoms with Gasteiger partial charge >= 0.3 is 5.97 Å². The average Bonchev–Trinajstić information content (AvgIpc) is 2.96. The average molecular weight is 372 g/mol. The molecule has 0 aliphatic rings. The second-order valence-corrected chi connectivity index (χ2v) is 7.22. The number of benzene rings is 1. The van der Waals surface area contributed by atoms with Gasteiger partial charge < -0.3 is 15.7 Å². The fourth-order valence-corrected chi connectivity index (χ4v) is 2.37. The number of carbonyl (C=O) groups excluding carboxylic acids is 2. The van der Waals surface area contributed by atoms with Crippen molar-refractivity contribution < 1.29 is 19.5 Å². The van der Waals surface area contributed by atoms with E-state index in [-0.39, 0.29) is 30.3 Å². The third-order valence-corrected chi connectivity index (χ3v) is 3.93. The zero-order valence-corrected chi connectivity index (χ0v) is 15.9. The summed E-state index contributed by atoms with van der Waals surface area (Å²) in [4.78, 5) is 35.0. The van der Waals surface area contributed by atoms with E-state index in [1.54, 1.807) is 52.0 Å². The predicted octanol–water partition coefficient (Wildman–Crippen LogP) is 2.37. The summed E-state index contributed by atoms with van der Waals surface area (Å²) >= 11 is 0. The molecule has 0 spiro atoms. The summed E-state index contributed by atoms with van der Waals surface area (Å²) in [5.74, 6) is -1.38. The van der Waals surface area contributed by atoms with Crippen LogP contribution in [0.1, 0.15) is 43.2 Å². The zero-order chi connectivity index (χ0) is 20.2. The van der Waals surface area contributed by atoms with Crippen LogP contribution in [0.3, 0.4) is 0 Å². The molecule has 0 saturated heterocycles. The number of anilines is 1. The highest BCUT2D eigenvalue weighted by molar-refractivity contribution is 5.92. The number of nitrogens with zero attached hydrogens (tertiary/aromatic N) is 2. The van der Waals surface area contributed by atoms with Gasteiger partial charge in [-0.1, -0.05) is 26.8 Å². The van der Waals surface area contributed by atoms with Gasteiger partial charge in [0, 0.05) is 24.1 Å². The third-order valence-electron chi connectivity index (χ3n) is 3.93. The first kappa shape index (κ1) is 20.2. The molecule has 0 bridgehead atoms. The lowest BCUT2D eigenvalue weighted by atomic mass is 9.96. The first-order chi connectivity index (χ1) is 12.6. The molecule has 3 N–H and O–H groups in total. The monoisotopic (exact) mass is 372 g/mol. The summed E-state index contributed by atoms with van der Waals surface area (Å²) in [6.07, 6.45) is 1.44. The first-order valence-electron chi connectivity index (χ1n) is 8.56. The molecular weight excluding hydrogens is 348 g/mol. The van der Waals surface area contributed by atoms with Crippen LogP contribution in [0.4, 0.5) is 5.69 Å². The molecule has 0 unspecified atom stereocenters. The Balaban J connectivity index is 2.01. The highest BCUT2D eigenvalue weighted by Crippen LogP contribution is 2.18. The zero-order valence-electron chi connectivity index (χ0n) is 15.9. The van der Waals surface area contributed by atoms with Crippen molar-refractivity contribution in [3.63, 3.8) is 0 Å². The van der Waals surface area contributed by atoms with E-state index < -0.39 is 11.4 Å². The number of carboxylic acids is 1. The minimum Gasteiger partial charge on any atom is -0.478 e. The number of amides is 2. The lowest BCUT2D eigenvalue weighted by Crippen LogP contribution is -2.36. The molecule has 0 fully saturated rings. The summed E-state index contributed by atoms with van der Waals surface area (Å²) in [7, 11) is 0. The first-order valence-corrected chi connectivity index (χ1v) is 8.56. The Bertz CT molecular complexity index is 865. The van der Waals surface area contributed by atoms with Crippen molar-refractivity contribution in [2.75, 3.05) is 11.9 Å². The fourth-order valence-electron chi connectivity index (χ4n) is 2.37. The van der Waals surface area contributed by atoms with Gasteiger partial charge in [-0.25, -0.2) is 9.48 Å². The van der Waals surface area contributed by atoms with Gasteiger partial charge in [-0.05, 0) is 25.1 Å². The van der Waals surface area contributed by atoms with Crippen LogP contribution in [0.15, 0.2) is 30.5 Å². The summed E-state index contributed by atoms with van der Waals surface area (Å²) in [6, 6.07) is 6.95. The number of hydrogen-bond acceptors (Lipinski definition) is 4. The Kier molecular flexibility index (Phi) is 5.99. The van der Waals surface area contributed by atoms with Crippen LogP contribution in [-0.4, -0.2) is 39.2 Å². The van der Waals surface area contributed by atoms with Gasteiger partial charge in [0.2, 0.25) is 11.8 Å². The molecule has 1 aromatic carbocycles. The van der Waals surface area contributed by atoms with E-state index >= 15 is 0 Å². The normalized spacial score (nSPS) is 11.1. The topological polar surface area (TPSA) is 113 Å². The van der Waals surface area contributed by atoms with E-state index in [9.17, 15) is 14.4 Å². The quantitative estimate of drug-likeness (QED) is 0.720. The molecule has 2 aromatic rings. The number of aromatic carboxylic acids is 1. The molecule has 1 aromatic heterocycles. The number of rotatable bonds is 6. The minimum absolute atomic E-state index is 0.110. The van der Waals surface area contributed by atoms with E-state index in [1.807, 2.05) is 0 Å². The molecule has 0 aliphatic heterocycles. The molecule has 0 radical (unpaired) electrons. The summed E-state index contributed by atoms with van der Waals surface area (Å²) < 4.78 is 1.50. The van der Waals surface area contributed by atoms with Crippen molar-refractivity contribution >= 4 is 23.5 Å². The molecular formula is C19H24N4O4. The van der Waals surface area contributed by atoms with Gasteiger partial charge in [0.15, 0.2) is 0 Å². The maximum atomic E-state index is 12.1. The van der Waals surface area contributed by atoms with Crippen LogP contribution in [0.2, 0.25) is 0 Å². The van der Waals surface area contributed by atoms with Gasteiger partial charge in [0.05, 0.1) is 17.6 Å². The third kappa shape index (κ3) is 5.16. The largest absolute Gasteiger partial charge is 0.478 e. The van der Waals surface area contributed by atoms with E-state index in [1.165, 1.54) is 10.9 Å². The smallest absolute Gasteiger partial charge is 0.339 e. The van der Waals surface area contributed by atoms with Crippen LogP contribution < -0.4 is 10.6 Å². The SMILES string of the molecule is Cc1c(C(=O)O)cnn1-c1cccc(NC(=O)CCNC(=O)C(C)(C)C)c1. The lowest BCUT2D eigenvalue weighted by molar-refractivity contribution is -0.128. The molecule has 8 nitrogen and oxygen atoms in total. The Morgan fingerprint density at radius 3 is 2.52 bits per heavy atom. The van der Waals surface area contributed by atoms with Crippen LogP contribution in [-0.2, 0) is 9.59 Å². The van der Waals surface area contributed by atoms with Gasteiger partial charge in [0.25, 0.3) is 0 Å². The summed E-state index contributed by atoms with van der Waals surface area (Å²) in [5.41, 5.74) is 1.32. The summed E-state index contributed by atoms with van der Waals surface area (Å²) in [5, 5.41) is 18.7. The van der Waals surface area contributed by atoms with Crippen molar-refractivity contribution in [1.82, 2.24) is 15.1 Å². The molecule has 27 heavy (non-hydrogen) atoms. The second-order valence-electron chi connectivity index (χ2n) is 7.22. The molecule has 144 valence electrons. The van der Waals surface area contributed by atoms with E-state index in [0.29, 0.717) is 17.1 Å². The van der Waals surface area contributed by atoms with Crippen molar-refractivity contribution in [3.8, 4) is 5.69 Å². The Hall–Kier alpha value is -3.16. The van der Waals surface area contributed by atoms with Crippen LogP contribution in [0.25, 0.3) is 5.69 Å². The number of nitrogens with one attached hydrogen (secondary N) is 2. The Morgan fingerprint density at radius 2 is 1.93 bits per heavy atom. The molecule has 8 heteroatoms. The minimum atomic E-state index is -1.04. The Morgan fingerprint density at radius 1 is 1.22 bits per heavy atom. The number of aromatic nitrogens is 2. The van der Waals surface area contributed by atoms with E-state index in [4.69, 9.17) is 5.11 Å². The van der Waals surface area contributed by atoms with Gasteiger partial charge in [-0.15, -0.1) is 0 Å². The number of hydrogen-bond donors (Lipinski definition) is 3. The Labute approximate surface area is 157 Å². The van der Waals surface area contributed by atoms with Crippen LogP contribution in [0.5, 0.6) is 0 Å². The molecule has 0 atom stereocenters. The highest BCUT2D eigenvalue weighted by atomic mass is 16.4. The molecule has 0 aliphatic carbocycles. The van der Waals surface area contributed by atoms with Gasteiger partial charge in [-0.2, -0.15) is 5.10 Å². The number of carbonyl (C=O) groups is 3. The van der Waals surface area contributed by atoms with Gasteiger partial charge in [0.1, 0.15) is 5.56 Å². The molecule has 2 rings (SSSR count). The maximum Gasteiger partial charge on any atom is 0.339 e. The summed E-state index contributed by atoms with van der Waals surface area (Å²) in [6.45, 7) is 7.34. The van der Waals surface area contributed by atoms with Crippen molar-refractivity contribution in [2.24, 2.45) is 5.41 Å². The van der Waals surface area contributed by atoms with Gasteiger partial charge in [-0.3, -0.25) is 9.59 Å². The highest BCUT2D eigenvalue weighted by Gasteiger charge is 2.20. The molecule has 2 amide bonds. The maximum absolute atomic E-state index is 12.1. The standard InChI is InChI=1S/C19H24N4O4/c1-12-15(17(25)26)11-21-23(12)14-7-5-6-13(10-14)22-16(24)8-9-20-18(27)19(2,3)4/h5-7,10-11H,8-9H2,1-4H3,(H,20,27)(H,22,24)(H,25,26). The predicted molar refractivity (Wildman–Crippen MR) is 101 cm³/mol. The number of carboxylic acid groups (broad SMARTS) is 1. The van der Waals surface area contributed by atoms with Crippen LogP contribution in [0, 0.1) is 12.3 Å². The molecule has 0 saturated carbocycles. The fraction of sp³-hybridized carbons (Fsp3) is 0.368. The van der Waals surface area contributed by atoms with E-state index in [2.05, 4.69) is 15.7 Å². The van der Waals surface area contributed by atoms with Crippen LogP contribution >= 0.6 is 0 Å². The molecule has 1 heterocycles. The van der Waals surface area contributed by atoms with E-state index in [0.717, 1.165) is 0 Å². The van der Waals surface area contributed by atoms with Crippen molar-refractivity contribution in [1.29, 1.82) is 0 Å². The van der Waals surface area contributed by atoms with Crippen molar-refractivity contribution in [3.05, 3.63) is 41.7 Å². The second kappa shape index (κ2) is 8.03.